The van der Waals surface area contributed by atoms with Gasteiger partial charge in [0.1, 0.15) is 5.82 Å². The lowest BCUT2D eigenvalue weighted by Gasteiger charge is -2.31. The molecule has 0 saturated carbocycles. The van der Waals surface area contributed by atoms with E-state index >= 15 is 0 Å². The van der Waals surface area contributed by atoms with E-state index in [4.69, 9.17) is 22.1 Å². The maximum atomic E-state index is 12.2. The van der Waals surface area contributed by atoms with Crippen LogP contribution in [0.3, 0.4) is 0 Å². The molecule has 1 aromatic heterocycles. The topological polar surface area (TPSA) is 84.6 Å². The van der Waals surface area contributed by atoms with Crippen LogP contribution in [0.2, 0.25) is 5.02 Å². The molecule has 1 aromatic carbocycles. The van der Waals surface area contributed by atoms with Crippen LogP contribution in [0.25, 0.3) is 0 Å². The monoisotopic (exact) mass is 389 g/mol. The number of anilines is 2. The Kier molecular flexibility index (Phi) is 5.82. The van der Waals surface area contributed by atoms with Crippen LogP contribution in [0.5, 0.6) is 0 Å². The SMILES string of the molecule is Cc1cc(N2CCCOC[C@@H]2c2ccc(C(=O)N(C)C)cc2Cl)nc(N)n1. The predicted molar refractivity (Wildman–Crippen MR) is 106 cm³/mol. The molecule has 0 unspecified atom stereocenters. The number of hydrogen-bond donors (Lipinski definition) is 1. The zero-order chi connectivity index (χ0) is 19.6. The Labute approximate surface area is 164 Å². The van der Waals surface area contributed by atoms with E-state index < -0.39 is 0 Å². The van der Waals surface area contributed by atoms with Gasteiger partial charge in [0.25, 0.3) is 5.91 Å². The normalized spacial score (nSPS) is 17.5. The summed E-state index contributed by atoms with van der Waals surface area (Å²) in [7, 11) is 3.43. The molecule has 1 atom stereocenters. The van der Waals surface area contributed by atoms with E-state index in [1.807, 2.05) is 19.1 Å². The van der Waals surface area contributed by atoms with E-state index in [2.05, 4.69) is 14.9 Å². The minimum absolute atomic E-state index is 0.0865. The summed E-state index contributed by atoms with van der Waals surface area (Å²) in [6.07, 6.45) is 0.869. The van der Waals surface area contributed by atoms with E-state index in [0.717, 1.165) is 30.0 Å². The molecule has 1 aliphatic rings. The van der Waals surface area contributed by atoms with Crippen molar-refractivity contribution < 1.29 is 9.53 Å². The first kappa shape index (κ1) is 19.4. The van der Waals surface area contributed by atoms with Crippen LogP contribution in [-0.2, 0) is 4.74 Å². The van der Waals surface area contributed by atoms with Gasteiger partial charge in [-0.25, -0.2) is 4.98 Å². The summed E-state index contributed by atoms with van der Waals surface area (Å²) in [5.41, 5.74) is 8.10. The van der Waals surface area contributed by atoms with Gasteiger partial charge >= 0.3 is 0 Å². The molecule has 8 heteroatoms. The van der Waals surface area contributed by atoms with E-state index in [9.17, 15) is 4.79 Å². The number of carbonyl (C=O) groups excluding carboxylic acids is 1. The number of nitrogens with zero attached hydrogens (tertiary/aromatic N) is 4. The minimum atomic E-state index is -0.128. The van der Waals surface area contributed by atoms with Crippen molar-refractivity contribution in [2.75, 3.05) is 44.5 Å². The van der Waals surface area contributed by atoms with E-state index in [0.29, 0.717) is 23.8 Å². The second-order valence-electron chi connectivity index (χ2n) is 6.80. The van der Waals surface area contributed by atoms with Gasteiger partial charge in [-0.2, -0.15) is 4.98 Å². The molecule has 27 heavy (non-hydrogen) atoms. The summed E-state index contributed by atoms with van der Waals surface area (Å²) < 4.78 is 5.79. The van der Waals surface area contributed by atoms with Gasteiger partial charge < -0.3 is 20.3 Å². The standard InChI is InChI=1S/C19H24ClN5O2/c1-12-9-17(23-19(21)22-12)25-7-4-8-27-11-16(25)14-6-5-13(10-15(14)20)18(26)24(2)3/h5-6,9-10,16H,4,7-8,11H2,1-3H3,(H2,21,22,23)/t16-/m1/s1. The van der Waals surface area contributed by atoms with Crippen LogP contribution in [0.4, 0.5) is 11.8 Å². The van der Waals surface area contributed by atoms with Crippen molar-refractivity contribution in [2.45, 2.75) is 19.4 Å². The molecular formula is C19H24ClN5O2. The lowest BCUT2D eigenvalue weighted by Crippen LogP contribution is -2.32. The molecule has 1 fully saturated rings. The van der Waals surface area contributed by atoms with Crippen LogP contribution in [-0.4, -0.2) is 54.6 Å². The second-order valence-corrected chi connectivity index (χ2v) is 7.21. The largest absolute Gasteiger partial charge is 0.379 e. The highest BCUT2D eigenvalue weighted by Crippen LogP contribution is 2.33. The van der Waals surface area contributed by atoms with Crippen LogP contribution in [0.15, 0.2) is 24.3 Å². The van der Waals surface area contributed by atoms with Crippen molar-refractivity contribution in [1.82, 2.24) is 14.9 Å². The second kappa shape index (κ2) is 8.10. The number of nitrogens with two attached hydrogens (primary N) is 1. The number of aryl methyl sites for hydroxylation is 1. The number of halogens is 1. The molecule has 2 N–H and O–H groups in total. The summed E-state index contributed by atoms with van der Waals surface area (Å²) in [5.74, 6) is 0.906. The molecule has 7 nitrogen and oxygen atoms in total. The number of nitrogen functional groups attached to an aromatic ring is 1. The van der Waals surface area contributed by atoms with Crippen molar-refractivity contribution in [3.05, 3.63) is 46.1 Å². The summed E-state index contributed by atoms with van der Waals surface area (Å²) in [5, 5.41) is 0.530. The third-order valence-electron chi connectivity index (χ3n) is 4.50. The van der Waals surface area contributed by atoms with E-state index in [1.54, 1.807) is 26.2 Å². The van der Waals surface area contributed by atoms with Gasteiger partial charge in [0.15, 0.2) is 0 Å². The number of hydrogen-bond acceptors (Lipinski definition) is 6. The van der Waals surface area contributed by atoms with E-state index in [-0.39, 0.29) is 17.9 Å². The van der Waals surface area contributed by atoms with Gasteiger partial charge in [0.05, 0.1) is 12.6 Å². The number of aromatic nitrogens is 2. The average molecular weight is 390 g/mol. The highest BCUT2D eigenvalue weighted by atomic mass is 35.5. The number of rotatable bonds is 3. The number of benzene rings is 1. The lowest BCUT2D eigenvalue weighted by atomic mass is 10.0. The van der Waals surface area contributed by atoms with Crippen molar-refractivity contribution in [1.29, 1.82) is 0 Å². The molecule has 0 aliphatic carbocycles. The Morgan fingerprint density at radius 1 is 1.33 bits per heavy atom. The van der Waals surface area contributed by atoms with Gasteiger partial charge in [0.2, 0.25) is 5.95 Å². The van der Waals surface area contributed by atoms with Crippen molar-refractivity contribution in [3.8, 4) is 0 Å². The lowest BCUT2D eigenvalue weighted by molar-refractivity contribution is 0.0827. The predicted octanol–water partition coefficient (Wildman–Crippen LogP) is 2.69. The number of carbonyl (C=O) groups is 1. The van der Waals surface area contributed by atoms with Crippen molar-refractivity contribution in [2.24, 2.45) is 0 Å². The van der Waals surface area contributed by atoms with Gasteiger partial charge in [-0.3, -0.25) is 4.79 Å². The fraction of sp³-hybridized carbons (Fsp3) is 0.421. The Morgan fingerprint density at radius 2 is 2.11 bits per heavy atom. The number of amides is 1. The van der Waals surface area contributed by atoms with Crippen LogP contribution in [0, 0.1) is 6.92 Å². The summed E-state index contributed by atoms with van der Waals surface area (Å²) in [6.45, 7) is 3.79. The highest BCUT2D eigenvalue weighted by Gasteiger charge is 2.27. The average Bonchev–Trinajstić information content (AvgIpc) is 2.86. The molecule has 1 amide bonds. The van der Waals surface area contributed by atoms with Crippen LogP contribution >= 0.6 is 11.6 Å². The first-order valence-corrected chi connectivity index (χ1v) is 9.21. The van der Waals surface area contributed by atoms with Gasteiger partial charge in [-0.15, -0.1) is 0 Å². The smallest absolute Gasteiger partial charge is 0.253 e. The van der Waals surface area contributed by atoms with Crippen LogP contribution < -0.4 is 10.6 Å². The van der Waals surface area contributed by atoms with Gasteiger partial charge in [-0.05, 0) is 31.0 Å². The summed E-state index contributed by atoms with van der Waals surface area (Å²) in [6, 6.07) is 7.18. The highest BCUT2D eigenvalue weighted by molar-refractivity contribution is 6.31. The fourth-order valence-corrected chi connectivity index (χ4v) is 3.53. The molecule has 1 aliphatic heterocycles. The zero-order valence-corrected chi connectivity index (χ0v) is 16.5. The maximum Gasteiger partial charge on any atom is 0.253 e. The minimum Gasteiger partial charge on any atom is -0.379 e. The Hall–Kier alpha value is -2.38. The number of ether oxygens (including phenoxy) is 1. The molecule has 0 spiro atoms. The summed E-state index contributed by atoms with van der Waals surface area (Å²) in [4.78, 5) is 24.4. The Morgan fingerprint density at radius 3 is 2.78 bits per heavy atom. The first-order valence-electron chi connectivity index (χ1n) is 8.83. The molecule has 2 heterocycles. The van der Waals surface area contributed by atoms with E-state index in [1.165, 1.54) is 4.90 Å². The molecule has 0 bridgehead atoms. The first-order chi connectivity index (χ1) is 12.9. The molecule has 0 radical (unpaired) electrons. The van der Waals surface area contributed by atoms with Crippen molar-refractivity contribution in [3.63, 3.8) is 0 Å². The Bertz CT molecular complexity index is 823. The van der Waals surface area contributed by atoms with Gasteiger partial charge in [0, 0.05) is 49.6 Å². The third kappa shape index (κ3) is 4.31. The van der Waals surface area contributed by atoms with Crippen LogP contribution in [0.1, 0.15) is 34.1 Å². The fourth-order valence-electron chi connectivity index (χ4n) is 3.22. The molecule has 2 aromatic rings. The Balaban J connectivity index is 1.99. The quantitative estimate of drug-likeness (QED) is 0.868. The maximum absolute atomic E-state index is 12.2. The molecule has 1 saturated heterocycles. The summed E-state index contributed by atoms with van der Waals surface area (Å²) >= 11 is 6.57. The van der Waals surface area contributed by atoms with Gasteiger partial charge in [-0.1, -0.05) is 17.7 Å². The third-order valence-corrected chi connectivity index (χ3v) is 4.83. The molecule has 3 rings (SSSR count). The van der Waals surface area contributed by atoms with Crippen molar-refractivity contribution >= 4 is 29.3 Å². The molecule has 144 valence electrons. The molecular weight excluding hydrogens is 366 g/mol. The zero-order valence-electron chi connectivity index (χ0n) is 15.8.